The van der Waals surface area contributed by atoms with E-state index in [0.717, 1.165) is 5.56 Å². The number of urea groups is 1. The summed E-state index contributed by atoms with van der Waals surface area (Å²) >= 11 is 0. The van der Waals surface area contributed by atoms with Gasteiger partial charge in [0.1, 0.15) is 0 Å². The second kappa shape index (κ2) is 8.16. The minimum atomic E-state index is -1.10. The van der Waals surface area contributed by atoms with Crippen LogP contribution in [0, 0.1) is 0 Å². The molecule has 0 aliphatic rings. The minimum Gasteiger partial charge on any atom is -0.479 e. The Balaban J connectivity index is 2.53. The second-order valence-corrected chi connectivity index (χ2v) is 4.25. The molecule has 0 aliphatic heterocycles. The maximum absolute atomic E-state index is 12.0. The molecular formula is C14H20N2O4. The molecule has 0 spiro atoms. The van der Waals surface area contributed by atoms with Crippen molar-refractivity contribution < 1.29 is 19.4 Å². The normalized spacial score (nSPS) is 11.7. The molecule has 0 saturated heterocycles. The summed E-state index contributed by atoms with van der Waals surface area (Å²) in [7, 11) is 1.30. The van der Waals surface area contributed by atoms with Gasteiger partial charge in [-0.05, 0) is 12.5 Å². The molecule has 6 nitrogen and oxygen atoms in total. The van der Waals surface area contributed by atoms with Crippen molar-refractivity contribution in [2.45, 2.75) is 19.6 Å². The highest BCUT2D eigenvalue weighted by molar-refractivity contribution is 5.77. The summed E-state index contributed by atoms with van der Waals surface area (Å²) in [6, 6.07) is 9.30. The third kappa shape index (κ3) is 4.89. The van der Waals surface area contributed by atoms with Crippen molar-refractivity contribution in [2.24, 2.45) is 0 Å². The first-order chi connectivity index (χ1) is 9.58. The summed E-state index contributed by atoms with van der Waals surface area (Å²) in [6.07, 6.45) is -1.03. The van der Waals surface area contributed by atoms with Crippen LogP contribution in [0.15, 0.2) is 30.3 Å². The molecule has 0 aromatic heterocycles. The summed E-state index contributed by atoms with van der Waals surface area (Å²) in [5, 5.41) is 11.4. The number of aliphatic carboxylic acids is 1. The molecule has 1 unspecified atom stereocenters. The Morgan fingerprint density at radius 2 is 2.00 bits per heavy atom. The van der Waals surface area contributed by atoms with Gasteiger partial charge in [-0.2, -0.15) is 0 Å². The predicted molar refractivity (Wildman–Crippen MR) is 74.4 cm³/mol. The second-order valence-electron chi connectivity index (χ2n) is 4.25. The zero-order valence-corrected chi connectivity index (χ0v) is 11.7. The minimum absolute atomic E-state index is 0.0596. The van der Waals surface area contributed by atoms with E-state index in [-0.39, 0.29) is 12.6 Å². The maximum atomic E-state index is 12.0. The van der Waals surface area contributed by atoms with Gasteiger partial charge in [-0.1, -0.05) is 30.3 Å². The predicted octanol–water partition coefficient (Wildman–Crippen LogP) is 1.32. The lowest BCUT2D eigenvalue weighted by molar-refractivity contribution is -0.148. The number of benzene rings is 1. The van der Waals surface area contributed by atoms with Crippen LogP contribution < -0.4 is 5.32 Å². The first-order valence-corrected chi connectivity index (χ1v) is 6.40. The van der Waals surface area contributed by atoms with E-state index in [1.54, 1.807) is 4.90 Å². The number of carbonyl (C=O) groups is 2. The Morgan fingerprint density at radius 1 is 1.35 bits per heavy atom. The molecule has 1 atom stereocenters. The highest BCUT2D eigenvalue weighted by Crippen LogP contribution is 2.04. The van der Waals surface area contributed by atoms with E-state index in [1.165, 1.54) is 7.11 Å². The molecule has 20 heavy (non-hydrogen) atoms. The number of amides is 2. The summed E-state index contributed by atoms with van der Waals surface area (Å²) in [6.45, 7) is 2.82. The van der Waals surface area contributed by atoms with Crippen LogP contribution in [0.2, 0.25) is 0 Å². The maximum Gasteiger partial charge on any atom is 0.334 e. The molecule has 1 aromatic carbocycles. The molecule has 0 fully saturated rings. The quantitative estimate of drug-likeness (QED) is 0.789. The van der Waals surface area contributed by atoms with Crippen molar-refractivity contribution in [2.75, 3.05) is 20.2 Å². The first-order valence-electron chi connectivity index (χ1n) is 6.40. The van der Waals surface area contributed by atoms with Gasteiger partial charge in [0, 0.05) is 20.2 Å². The van der Waals surface area contributed by atoms with E-state index < -0.39 is 12.1 Å². The smallest absolute Gasteiger partial charge is 0.334 e. The van der Waals surface area contributed by atoms with Crippen LogP contribution in [0.25, 0.3) is 0 Å². The van der Waals surface area contributed by atoms with E-state index in [1.807, 2.05) is 37.3 Å². The molecule has 110 valence electrons. The van der Waals surface area contributed by atoms with Gasteiger partial charge in [-0.3, -0.25) is 0 Å². The van der Waals surface area contributed by atoms with Crippen molar-refractivity contribution in [3.05, 3.63) is 35.9 Å². The average molecular weight is 280 g/mol. The fourth-order valence-electron chi connectivity index (χ4n) is 1.69. The topological polar surface area (TPSA) is 78.9 Å². The van der Waals surface area contributed by atoms with Gasteiger partial charge < -0.3 is 20.1 Å². The molecule has 0 aliphatic carbocycles. The molecule has 1 rings (SSSR count). The van der Waals surface area contributed by atoms with E-state index >= 15 is 0 Å². The number of carboxylic acid groups (broad SMARTS) is 1. The molecule has 0 saturated carbocycles. The first kappa shape index (κ1) is 16.0. The van der Waals surface area contributed by atoms with Gasteiger partial charge in [-0.25, -0.2) is 9.59 Å². The van der Waals surface area contributed by atoms with Crippen molar-refractivity contribution in [1.82, 2.24) is 10.2 Å². The van der Waals surface area contributed by atoms with Crippen LogP contribution in [0.5, 0.6) is 0 Å². The SMILES string of the molecule is CCN(Cc1ccccc1)C(=O)NCC(OC)C(=O)O. The Labute approximate surface area is 118 Å². The molecule has 0 bridgehead atoms. The molecule has 0 heterocycles. The van der Waals surface area contributed by atoms with Gasteiger partial charge in [0.25, 0.3) is 0 Å². The Hall–Kier alpha value is -2.08. The number of carboxylic acids is 1. The Bertz CT molecular complexity index is 436. The van der Waals surface area contributed by atoms with Crippen LogP contribution in [0.4, 0.5) is 4.79 Å². The number of rotatable bonds is 7. The molecule has 1 aromatic rings. The van der Waals surface area contributed by atoms with Crippen molar-refractivity contribution in [3.8, 4) is 0 Å². The number of hydrogen-bond donors (Lipinski definition) is 2. The highest BCUT2D eigenvalue weighted by Gasteiger charge is 2.19. The summed E-state index contributed by atoms with van der Waals surface area (Å²) in [4.78, 5) is 24.4. The number of ether oxygens (including phenoxy) is 1. The van der Waals surface area contributed by atoms with Crippen LogP contribution in [-0.4, -0.2) is 48.3 Å². The van der Waals surface area contributed by atoms with Crippen molar-refractivity contribution in [1.29, 1.82) is 0 Å². The third-order valence-electron chi connectivity index (χ3n) is 2.88. The fourth-order valence-corrected chi connectivity index (χ4v) is 1.69. The van der Waals surface area contributed by atoms with Gasteiger partial charge in [0.2, 0.25) is 0 Å². The van der Waals surface area contributed by atoms with Crippen molar-refractivity contribution in [3.63, 3.8) is 0 Å². The molecule has 2 N–H and O–H groups in total. The monoisotopic (exact) mass is 280 g/mol. The van der Waals surface area contributed by atoms with E-state index in [0.29, 0.717) is 13.1 Å². The number of nitrogens with zero attached hydrogens (tertiary/aromatic N) is 1. The van der Waals surface area contributed by atoms with Gasteiger partial charge >= 0.3 is 12.0 Å². The standard InChI is InChI=1S/C14H20N2O4/c1-3-16(10-11-7-5-4-6-8-11)14(19)15-9-12(20-2)13(17)18/h4-8,12H,3,9-10H2,1-2H3,(H,15,19)(H,17,18). The highest BCUT2D eigenvalue weighted by atomic mass is 16.5. The zero-order valence-electron chi connectivity index (χ0n) is 11.7. The largest absolute Gasteiger partial charge is 0.479 e. The third-order valence-corrected chi connectivity index (χ3v) is 2.88. The number of nitrogens with one attached hydrogen (secondary N) is 1. The Morgan fingerprint density at radius 3 is 2.50 bits per heavy atom. The molecule has 2 amide bonds. The fraction of sp³-hybridized carbons (Fsp3) is 0.429. The number of hydrogen-bond acceptors (Lipinski definition) is 3. The lowest BCUT2D eigenvalue weighted by Gasteiger charge is -2.22. The van der Waals surface area contributed by atoms with Gasteiger partial charge in [-0.15, -0.1) is 0 Å². The van der Waals surface area contributed by atoms with E-state index in [4.69, 9.17) is 9.84 Å². The van der Waals surface area contributed by atoms with Crippen LogP contribution >= 0.6 is 0 Å². The lowest BCUT2D eigenvalue weighted by Crippen LogP contribution is -2.44. The van der Waals surface area contributed by atoms with E-state index in [2.05, 4.69) is 5.32 Å². The van der Waals surface area contributed by atoms with Crippen LogP contribution in [0.3, 0.4) is 0 Å². The Kier molecular flexibility index (Phi) is 6.52. The van der Waals surface area contributed by atoms with Gasteiger partial charge in [0.15, 0.2) is 6.10 Å². The number of methoxy groups -OCH3 is 1. The summed E-state index contributed by atoms with van der Waals surface area (Å²) in [5.74, 6) is -1.10. The number of carbonyl (C=O) groups excluding carboxylic acids is 1. The van der Waals surface area contributed by atoms with E-state index in [9.17, 15) is 9.59 Å². The van der Waals surface area contributed by atoms with Gasteiger partial charge in [0.05, 0.1) is 6.54 Å². The summed E-state index contributed by atoms with van der Waals surface area (Å²) in [5.41, 5.74) is 1.02. The van der Waals surface area contributed by atoms with Crippen molar-refractivity contribution >= 4 is 12.0 Å². The molecule has 6 heteroatoms. The zero-order chi connectivity index (χ0) is 15.0. The average Bonchev–Trinajstić information content (AvgIpc) is 2.45. The van der Waals surface area contributed by atoms with Crippen LogP contribution in [-0.2, 0) is 16.1 Å². The lowest BCUT2D eigenvalue weighted by atomic mass is 10.2. The molecule has 0 radical (unpaired) electrons. The summed E-state index contributed by atoms with van der Waals surface area (Å²) < 4.78 is 4.76. The van der Waals surface area contributed by atoms with Crippen LogP contribution in [0.1, 0.15) is 12.5 Å². The molecular weight excluding hydrogens is 260 g/mol.